The maximum atomic E-state index is 11.7. The van der Waals surface area contributed by atoms with Gasteiger partial charge in [0.1, 0.15) is 11.5 Å². The quantitative estimate of drug-likeness (QED) is 0.305. The van der Waals surface area contributed by atoms with Gasteiger partial charge in [0.05, 0.1) is 15.2 Å². The molecule has 1 amide bonds. The van der Waals surface area contributed by atoms with E-state index >= 15 is 0 Å². The third kappa shape index (κ3) is 5.36. The van der Waals surface area contributed by atoms with Gasteiger partial charge < -0.3 is 9.15 Å². The maximum absolute atomic E-state index is 11.7. The molecule has 0 saturated carbocycles. The van der Waals surface area contributed by atoms with Gasteiger partial charge in [0, 0.05) is 4.47 Å². The zero-order valence-electron chi connectivity index (χ0n) is 10.8. The number of nitrogens with zero attached hydrogens (tertiary/aromatic N) is 1. The Bertz CT molecular complexity index is 695. The molecule has 2 rings (SSSR count). The Hall–Kier alpha value is -0.390. The van der Waals surface area contributed by atoms with E-state index in [1.807, 2.05) is 34.7 Å². The van der Waals surface area contributed by atoms with E-state index in [4.69, 9.17) is 9.15 Å². The molecule has 0 unspecified atom stereocenters. The molecule has 1 N–H and O–H groups in total. The molecule has 0 aliphatic heterocycles. The Balaban J connectivity index is 1.87. The topological polar surface area (TPSA) is 63.8 Å². The van der Waals surface area contributed by atoms with Gasteiger partial charge in [0.15, 0.2) is 10.4 Å². The molecular formula is C13H8Br3IN2O3. The highest BCUT2D eigenvalue weighted by Crippen LogP contribution is 2.36. The van der Waals surface area contributed by atoms with Crippen molar-refractivity contribution in [1.82, 2.24) is 5.43 Å². The van der Waals surface area contributed by atoms with Gasteiger partial charge in [-0.3, -0.25) is 4.79 Å². The van der Waals surface area contributed by atoms with Gasteiger partial charge in [-0.25, -0.2) is 5.43 Å². The van der Waals surface area contributed by atoms with Crippen LogP contribution in [0.2, 0.25) is 0 Å². The van der Waals surface area contributed by atoms with Crippen molar-refractivity contribution >= 4 is 82.5 Å². The van der Waals surface area contributed by atoms with Crippen LogP contribution in [0.1, 0.15) is 5.76 Å². The van der Waals surface area contributed by atoms with Gasteiger partial charge in [-0.15, -0.1) is 0 Å². The minimum Gasteiger partial charge on any atom is -0.481 e. The van der Waals surface area contributed by atoms with Crippen molar-refractivity contribution in [2.45, 2.75) is 0 Å². The normalized spacial score (nSPS) is 10.9. The second-order valence-corrected chi connectivity index (χ2v) is 7.61. The number of hydrazone groups is 1. The molecule has 1 aromatic carbocycles. The first-order valence-electron chi connectivity index (χ1n) is 5.80. The van der Waals surface area contributed by atoms with Crippen molar-refractivity contribution in [1.29, 1.82) is 0 Å². The summed E-state index contributed by atoms with van der Waals surface area (Å²) in [4.78, 5) is 11.7. The molecule has 2 aromatic rings. The fraction of sp³-hybridized carbons (Fsp3) is 0.0769. The lowest BCUT2D eigenvalue weighted by Gasteiger charge is -2.09. The minimum atomic E-state index is -0.376. The molecule has 0 bridgehead atoms. The SMILES string of the molecule is O=C(COc1c(Br)cc(Br)cc1Br)N/N=C\c1ccc(I)o1. The lowest BCUT2D eigenvalue weighted by Crippen LogP contribution is -2.24. The highest BCUT2D eigenvalue weighted by Gasteiger charge is 2.10. The predicted octanol–water partition coefficient (Wildman–Crippen LogP) is 4.70. The third-order valence-electron chi connectivity index (χ3n) is 2.29. The number of hydrogen-bond acceptors (Lipinski definition) is 4. The second kappa shape index (κ2) is 8.46. The summed E-state index contributed by atoms with van der Waals surface area (Å²) in [6.45, 7) is -0.161. The highest BCUT2D eigenvalue weighted by molar-refractivity contribution is 14.1. The lowest BCUT2D eigenvalue weighted by molar-refractivity contribution is -0.123. The Labute approximate surface area is 165 Å². The van der Waals surface area contributed by atoms with E-state index < -0.39 is 0 Å². The average molecular weight is 607 g/mol. The van der Waals surface area contributed by atoms with Crippen molar-refractivity contribution in [3.8, 4) is 5.75 Å². The summed E-state index contributed by atoms with van der Waals surface area (Å²) in [5, 5.41) is 3.79. The van der Waals surface area contributed by atoms with Crippen LogP contribution in [0.3, 0.4) is 0 Å². The van der Waals surface area contributed by atoms with Gasteiger partial charge in [-0.05, 0) is 78.7 Å². The van der Waals surface area contributed by atoms with Crippen LogP contribution in [-0.4, -0.2) is 18.7 Å². The maximum Gasteiger partial charge on any atom is 0.277 e. The molecule has 9 heteroatoms. The molecule has 22 heavy (non-hydrogen) atoms. The molecule has 1 heterocycles. The van der Waals surface area contributed by atoms with E-state index in [1.165, 1.54) is 6.21 Å². The van der Waals surface area contributed by atoms with E-state index in [1.54, 1.807) is 12.1 Å². The fourth-order valence-corrected chi connectivity index (χ4v) is 4.32. The average Bonchev–Trinajstić information content (AvgIpc) is 2.83. The predicted molar refractivity (Wildman–Crippen MR) is 102 cm³/mol. The van der Waals surface area contributed by atoms with E-state index in [2.05, 4.69) is 58.3 Å². The summed E-state index contributed by atoms with van der Waals surface area (Å²) in [5.41, 5.74) is 2.36. The Morgan fingerprint density at radius 3 is 2.59 bits per heavy atom. The summed E-state index contributed by atoms with van der Waals surface area (Å²) in [6, 6.07) is 7.21. The molecule has 5 nitrogen and oxygen atoms in total. The molecule has 0 spiro atoms. The molecule has 0 saturated heterocycles. The van der Waals surface area contributed by atoms with Crippen LogP contribution in [-0.2, 0) is 4.79 Å². The van der Waals surface area contributed by atoms with Crippen molar-refractivity contribution < 1.29 is 13.9 Å². The minimum absolute atomic E-state index is 0.161. The van der Waals surface area contributed by atoms with Crippen molar-refractivity contribution in [3.05, 3.63) is 47.2 Å². The number of rotatable bonds is 5. The second-order valence-electron chi connectivity index (χ2n) is 3.92. The van der Waals surface area contributed by atoms with Crippen LogP contribution < -0.4 is 10.2 Å². The molecule has 0 aliphatic rings. The largest absolute Gasteiger partial charge is 0.481 e. The summed E-state index contributed by atoms with van der Waals surface area (Å²) >= 11 is 12.2. The zero-order chi connectivity index (χ0) is 16.1. The molecule has 116 valence electrons. The van der Waals surface area contributed by atoms with Crippen LogP contribution >= 0.6 is 70.4 Å². The van der Waals surface area contributed by atoms with Crippen molar-refractivity contribution in [2.75, 3.05) is 6.61 Å². The number of carbonyl (C=O) groups is 1. The first-order valence-corrected chi connectivity index (χ1v) is 9.26. The molecule has 0 fully saturated rings. The lowest BCUT2D eigenvalue weighted by atomic mass is 10.3. The number of furan rings is 1. The van der Waals surface area contributed by atoms with Gasteiger partial charge in [0.2, 0.25) is 0 Å². The van der Waals surface area contributed by atoms with Gasteiger partial charge in [-0.2, -0.15) is 5.10 Å². The highest BCUT2D eigenvalue weighted by atomic mass is 127. The van der Waals surface area contributed by atoms with Crippen LogP contribution in [0, 0.1) is 3.77 Å². The third-order valence-corrected chi connectivity index (χ3v) is 4.50. The summed E-state index contributed by atoms with van der Waals surface area (Å²) in [6.07, 6.45) is 1.42. The Morgan fingerprint density at radius 2 is 2.00 bits per heavy atom. The summed E-state index contributed by atoms with van der Waals surface area (Å²) in [5.74, 6) is 0.728. The van der Waals surface area contributed by atoms with Gasteiger partial charge in [-0.1, -0.05) is 15.9 Å². The molecule has 0 radical (unpaired) electrons. The molecule has 1 aromatic heterocycles. The first kappa shape index (κ1) is 18.0. The monoisotopic (exact) mass is 604 g/mol. The first-order chi connectivity index (χ1) is 10.5. The van der Waals surface area contributed by atoms with Crippen LogP contribution in [0.4, 0.5) is 0 Å². The Kier molecular flexibility index (Phi) is 6.90. The van der Waals surface area contributed by atoms with Crippen molar-refractivity contribution in [3.63, 3.8) is 0 Å². The van der Waals surface area contributed by atoms with Crippen LogP contribution in [0.5, 0.6) is 5.75 Å². The van der Waals surface area contributed by atoms with E-state index in [-0.39, 0.29) is 12.5 Å². The number of nitrogens with one attached hydrogen (secondary N) is 1. The number of amides is 1. The smallest absolute Gasteiger partial charge is 0.277 e. The number of carbonyl (C=O) groups excluding carboxylic acids is 1. The van der Waals surface area contributed by atoms with E-state index in [0.717, 1.165) is 17.2 Å². The van der Waals surface area contributed by atoms with Gasteiger partial charge >= 0.3 is 0 Å². The summed E-state index contributed by atoms with van der Waals surface area (Å²) < 4.78 is 13.8. The van der Waals surface area contributed by atoms with Crippen LogP contribution in [0.15, 0.2) is 47.2 Å². The number of benzene rings is 1. The van der Waals surface area contributed by atoms with Crippen LogP contribution in [0.25, 0.3) is 0 Å². The fourth-order valence-electron chi connectivity index (χ4n) is 1.40. The number of ether oxygens (including phenoxy) is 1. The van der Waals surface area contributed by atoms with E-state index in [9.17, 15) is 4.79 Å². The van der Waals surface area contributed by atoms with E-state index in [0.29, 0.717) is 11.5 Å². The van der Waals surface area contributed by atoms with Crippen molar-refractivity contribution in [2.24, 2.45) is 5.10 Å². The molecule has 0 aliphatic carbocycles. The standard InChI is InChI=1S/C13H8Br3IN2O3/c14-7-3-9(15)13(10(16)4-7)21-6-12(20)19-18-5-8-1-2-11(17)22-8/h1-5H,6H2,(H,19,20)/b18-5-. The molecular weight excluding hydrogens is 599 g/mol. The summed E-state index contributed by atoms with van der Waals surface area (Å²) in [7, 11) is 0. The van der Waals surface area contributed by atoms with Gasteiger partial charge in [0.25, 0.3) is 5.91 Å². The zero-order valence-corrected chi connectivity index (χ0v) is 17.7. The number of hydrogen-bond donors (Lipinski definition) is 1. The number of halogens is 4. The Morgan fingerprint density at radius 1 is 1.32 bits per heavy atom. The molecule has 0 atom stereocenters.